The molecule has 1 aliphatic rings. The van der Waals surface area contributed by atoms with Crippen molar-refractivity contribution in [1.29, 1.82) is 0 Å². The van der Waals surface area contributed by atoms with Crippen LogP contribution in [0.3, 0.4) is 0 Å². The fourth-order valence-electron chi connectivity index (χ4n) is 3.27. The molecule has 148 valence electrons. The zero-order valence-corrected chi connectivity index (χ0v) is 15.8. The van der Waals surface area contributed by atoms with Gasteiger partial charge in [-0.25, -0.2) is 0 Å². The number of hydrogen-bond acceptors (Lipinski definition) is 7. The number of ketones is 1. The van der Waals surface area contributed by atoms with Crippen LogP contribution in [0.2, 0.25) is 0 Å². The van der Waals surface area contributed by atoms with Gasteiger partial charge in [0.25, 0.3) is 0 Å². The molecule has 0 aromatic heterocycles. The maximum absolute atomic E-state index is 13.1. The highest BCUT2D eigenvalue weighted by atomic mass is 16.5. The molecule has 0 bridgehead atoms. The first kappa shape index (κ1) is 19.6. The summed E-state index contributed by atoms with van der Waals surface area (Å²) < 4.78 is 10.8. The average Bonchev–Trinajstić information content (AvgIpc) is 2.63. The largest absolute Gasteiger partial charge is 0.508 e. The normalized spacial score (nSPS) is 18.9. The van der Waals surface area contributed by atoms with E-state index in [4.69, 9.17) is 9.47 Å². The molecule has 0 saturated carbocycles. The Morgan fingerprint density at radius 2 is 1.86 bits per heavy atom. The van der Waals surface area contributed by atoms with Crippen molar-refractivity contribution in [2.24, 2.45) is 0 Å². The number of phenolic OH excluding ortho intramolecular Hbond substituents is 3. The Morgan fingerprint density at radius 3 is 2.46 bits per heavy atom. The summed E-state index contributed by atoms with van der Waals surface area (Å²) in [7, 11) is 1.34. The Balaban J connectivity index is 2.23. The summed E-state index contributed by atoms with van der Waals surface area (Å²) in [5, 5.41) is 41.4. The molecule has 2 aromatic rings. The fraction of sp³-hybridized carbons (Fsp3) is 0.286. The lowest BCUT2D eigenvalue weighted by atomic mass is 9.78. The van der Waals surface area contributed by atoms with Gasteiger partial charge in [-0.1, -0.05) is 19.9 Å². The van der Waals surface area contributed by atoms with Crippen LogP contribution < -0.4 is 9.47 Å². The maximum Gasteiger partial charge on any atom is 0.210 e. The van der Waals surface area contributed by atoms with Crippen molar-refractivity contribution in [3.8, 4) is 28.7 Å². The van der Waals surface area contributed by atoms with Gasteiger partial charge >= 0.3 is 0 Å². The monoisotopic (exact) mass is 386 g/mol. The zero-order chi connectivity index (χ0) is 20.9. The Kier molecular flexibility index (Phi) is 4.51. The van der Waals surface area contributed by atoms with Crippen LogP contribution in [-0.4, -0.2) is 39.9 Å². The van der Waals surface area contributed by atoms with Crippen LogP contribution in [0.25, 0.3) is 0 Å². The minimum Gasteiger partial charge on any atom is -0.508 e. The third-order valence-corrected chi connectivity index (χ3v) is 5.07. The molecule has 0 aliphatic carbocycles. The van der Waals surface area contributed by atoms with Crippen LogP contribution in [0.1, 0.15) is 35.3 Å². The summed E-state index contributed by atoms with van der Waals surface area (Å²) in [6.45, 7) is 6.94. The van der Waals surface area contributed by atoms with Crippen molar-refractivity contribution in [3.63, 3.8) is 0 Å². The predicted octanol–water partition coefficient (Wildman–Crippen LogP) is 2.74. The minimum atomic E-state index is -2.17. The topological polar surface area (TPSA) is 116 Å². The third kappa shape index (κ3) is 2.84. The van der Waals surface area contributed by atoms with Crippen LogP contribution in [0.5, 0.6) is 28.7 Å². The molecule has 2 aromatic carbocycles. The Hall–Kier alpha value is -3.19. The van der Waals surface area contributed by atoms with Crippen molar-refractivity contribution < 1.29 is 34.7 Å². The van der Waals surface area contributed by atoms with E-state index >= 15 is 0 Å². The standard InChI is InChI=1S/C21H22O7/c1-5-20(2,3)12-8-13(16(27-4)9-14(12)23)21(26)10-28-17-7-11(22)6-15(24)18(17)19(21)25/h5-9,22-24,26H,1,10H2,2-4H3. The van der Waals surface area contributed by atoms with Gasteiger partial charge in [0.15, 0.2) is 5.60 Å². The van der Waals surface area contributed by atoms with E-state index in [1.807, 2.05) is 13.8 Å². The molecule has 0 saturated heterocycles. The second kappa shape index (κ2) is 6.45. The molecule has 0 spiro atoms. The number of methoxy groups -OCH3 is 1. The zero-order valence-electron chi connectivity index (χ0n) is 15.8. The predicted molar refractivity (Wildman–Crippen MR) is 101 cm³/mol. The van der Waals surface area contributed by atoms with E-state index in [1.165, 1.54) is 25.3 Å². The first-order chi connectivity index (χ1) is 13.0. The first-order valence-electron chi connectivity index (χ1n) is 8.56. The van der Waals surface area contributed by atoms with E-state index in [2.05, 4.69) is 6.58 Å². The molecule has 7 heteroatoms. The molecule has 1 aliphatic heterocycles. The average molecular weight is 386 g/mol. The number of ether oxygens (including phenoxy) is 2. The lowest BCUT2D eigenvalue weighted by Crippen LogP contribution is -2.45. The van der Waals surface area contributed by atoms with Gasteiger partial charge in [-0.15, -0.1) is 6.58 Å². The van der Waals surface area contributed by atoms with Gasteiger partial charge in [0.1, 0.15) is 40.9 Å². The Bertz CT molecular complexity index is 977. The molecular weight excluding hydrogens is 364 g/mol. The number of benzene rings is 2. The maximum atomic E-state index is 13.1. The lowest BCUT2D eigenvalue weighted by molar-refractivity contribution is -0.00682. The van der Waals surface area contributed by atoms with Crippen molar-refractivity contribution in [2.45, 2.75) is 24.9 Å². The van der Waals surface area contributed by atoms with Crippen molar-refractivity contribution in [1.82, 2.24) is 0 Å². The number of fused-ring (bicyclic) bond motifs is 1. The van der Waals surface area contributed by atoms with Gasteiger partial charge in [0.05, 0.1) is 7.11 Å². The van der Waals surface area contributed by atoms with Crippen molar-refractivity contribution in [3.05, 3.63) is 53.6 Å². The van der Waals surface area contributed by atoms with Crippen LogP contribution in [-0.2, 0) is 11.0 Å². The fourth-order valence-corrected chi connectivity index (χ4v) is 3.27. The summed E-state index contributed by atoms with van der Waals surface area (Å²) in [6.07, 6.45) is 1.63. The molecule has 28 heavy (non-hydrogen) atoms. The summed E-state index contributed by atoms with van der Waals surface area (Å²) in [5.74, 6) is -1.61. The Morgan fingerprint density at radius 1 is 1.18 bits per heavy atom. The summed E-state index contributed by atoms with van der Waals surface area (Å²) in [4.78, 5) is 13.1. The molecular formula is C21H22O7. The number of carbonyl (C=O) groups excluding carboxylic acids is 1. The third-order valence-electron chi connectivity index (χ3n) is 5.07. The minimum absolute atomic E-state index is 0.0310. The van der Waals surface area contributed by atoms with Crippen molar-refractivity contribution in [2.75, 3.05) is 13.7 Å². The van der Waals surface area contributed by atoms with Gasteiger partial charge in [-0.2, -0.15) is 0 Å². The van der Waals surface area contributed by atoms with Gasteiger partial charge in [0.2, 0.25) is 5.78 Å². The number of hydrogen-bond donors (Lipinski definition) is 4. The molecule has 1 heterocycles. The first-order valence-corrected chi connectivity index (χ1v) is 8.56. The number of allylic oxidation sites excluding steroid dienone is 1. The smallest absolute Gasteiger partial charge is 0.210 e. The number of phenols is 3. The van der Waals surface area contributed by atoms with Crippen LogP contribution in [0.15, 0.2) is 36.9 Å². The molecule has 0 fully saturated rings. The molecule has 4 N–H and O–H groups in total. The highest BCUT2D eigenvalue weighted by molar-refractivity contribution is 6.08. The molecule has 1 atom stereocenters. The molecule has 3 rings (SSSR count). The number of aromatic hydroxyl groups is 3. The quantitative estimate of drug-likeness (QED) is 0.597. The summed E-state index contributed by atoms with van der Waals surface area (Å²) in [5.41, 5.74) is -2.56. The van der Waals surface area contributed by atoms with E-state index in [0.29, 0.717) is 5.56 Å². The van der Waals surface area contributed by atoms with Crippen LogP contribution in [0, 0.1) is 0 Å². The summed E-state index contributed by atoms with van der Waals surface area (Å²) in [6, 6.07) is 4.96. The van der Waals surface area contributed by atoms with E-state index < -0.39 is 29.2 Å². The lowest BCUT2D eigenvalue weighted by Gasteiger charge is -2.34. The molecule has 0 radical (unpaired) electrons. The summed E-state index contributed by atoms with van der Waals surface area (Å²) >= 11 is 0. The van der Waals surface area contributed by atoms with E-state index in [1.54, 1.807) is 6.08 Å². The second-order valence-corrected chi connectivity index (χ2v) is 7.31. The van der Waals surface area contributed by atoms with Gasteiger partial charge in [-0.3, -0.25) is 4.79 Å². The number of carbonyl (C=O) groups is 1. The van der Waals surface area contributed by atoms with E-state index in [9.17, 15) is 25.2 Å². The number of aliphatic hydroxyl groups is 1. The van der Waals surface area contributed by atoms with Crippen LogP contribution >= 0.6 is 0 Å². The number of Topliss-reactive ketones (excluding diaryl/α,β-unsaturated/α-hetero) is 1. The highest BCUT2D eigenvalue weighted by Crippen LogP contribution is 2.46. The number of rotatable bonds is 4. The molecule has 0 amide bonds. The molecule has 7 nitrogen and oxygen atoms in total. The van der Waals surface area contributed by atoms with E-state index in [-0.39, 0.29) is 34.1 Å². The van der Waals surface area contributed by atoms with Crippen LogP contribution in [0.4, 0.5) is 0 Å². The van der Waals surface area contributed by atoms with E-state index in [0.717, 1.165) is 6.07 Å². The molecule has 1 unspecified atom stereocenters. The SMILES string of the molecule is C=CC(C)(C)c1cc(C2(O)COc3cc(O)cc(O)c3C2=O)c(OC)cc1O. The van der Waals surface area contributed by atoms with Gasteiger partial charge < -0.3 is 29.9 Å². The van der Waals surface area contributed by atoms with Crippen molar-refractivity contribution >= 4 is 5.78 Å². The Labute approximate surface area is 162 Å². The highest BCUT2D eigenvalue weighted by Gasteiger charge is 2.48. The van der Waals surface area contributed by atoms with Gasteiger partial charge in [-0.05, 0) is 6.07 Å². The second-order valence-electron chi connectivity index (χ2n) is 7.31. The van der Waals surface area contributed by atoms with Gasteiger partial charge in [0, 0.05) is 34.7 Å².